The Bertz CT molecular complexity index is 879. The third-order valence-electron chi connectivity index (χ3n) is 4.34. The zero-order chi connectivity index (χ0) is 17.2. The molecule has 0 radical (unpaired) electrons. The first-order chi connectivity index (χ1) is 12.2. The average Bonchev–Trinajstić information content (AvgIpc) is 3.23. The third-order valence-corrected chi connectivity index (χ3v) is 5.48. The molecule has 4 rings (SSSR count). The summed E-state index contributed by atoms with van der Waals surface area (Å²) < 4.78 is 24.4. The highest BCUT2D eigenvalue weighted by Gasteiger charge is 2.26. The van der Waals surface area contributed by atoms with Crippen LogP contribution in [0.3, 0.4) is 0 Å². The highest BCUT2D eigenvalue weighted by Crippen LogP contribution is 2.44. The van der Waals surface area contributed by atoms with Crippen molar-refractivity contribution in [2.24, 2.45) is 0 Å². The minimum Gasteiger partial charge on any atom is -0.497 e. The number of halogens is 1. The van der Waals surface area contributed by atoms with Crippen LogP contribution in [0.1, 0.15) is 34.3 Å². The number of methoxy groups -OCH3 is 1. The topological polar surface area (TPSA) is 48.2 Å². The molecule has 1 aromatic heterocycles. The summed E-state index contributed by atoms with van der Waals surface area (Å²) in [5, 5.41) is 8.96. The van der Waals surface area contributed by atoms with Crippen molar-refractivity contribution >= 4 is 11.8 Å². The zero-order valence-electron chi connectivity index (χ0n) is 13.7. The van der Waals surface area contributed by atoms with Crippen LogP contribution in [0.5, 0.6) is 5.75 Å². The molecule has 25 heavy (non-hydrogen) atoms. The van der Waals surface area contributed by atoms with E-state index in [0.717, 1.165) is 29.7 Å². The van der Waals surface area contributed by atoms with E-state index in [0.29, 0.717) is 17.5 Å². The normalized spacial score (nSPS) is 16.0. The summed E-state index contributed by atoms with van der Waals surface area (Å²) in [5.41, 5.74) is 3.33. The molecule has 1 heterocycles. The second-order valence-electron chi connectivity index (χ2n) is 5.97. The number of nitrogens with zero attached hydrogens (tertiary/aromatic N) is 2. The number of aryl methyl sites for hydroxylation is 1. The van der Waals surface area contributed by atoms with Gasteiger partial charge in [-0.25, -0.2) is 4.39 Å². The number of hydrogen-bond acceptors (Lipinski definition) is 5. The van der Waals surface area contributed by atoms with E-state index in [1.807, 2.05) is 30.3 Å². The molecule has 1 aliphatic rings. The second-order valence-corrected chi connectivity index (χ2v) is 7.13. The molecule has 0 fully saturated rings. The number of ether oxygens (including phenoxy) is 1. The molecule has 3 aromatic rings. The number of hydrogen-bond donors (Lipinski definition) is 0. The molecule has 0 aliphatic heterocycles. The molecule has 1 aliphatic carbocycles. The summed E-state index contributed by atoms with van der Waals surface area (Å²) in [6.07, 6.45) is 2.49. The number of benzene rings is 2. The van der Waals surface area contributed by atoms with Crippen LogP contribution < -0.4 is 4.74 Å². The fraction of sp³-hybridized carbons (Fsp3) is 0.263. The lowest BCUT2D eigenvalue weighted by Crippen LogP contribution is -1.89. The Morgan fingerprint density at radius 1 is 1.20 bits per heavy atom. The third kappa shape index (κ3) is 3.54. The summed E-state index contributed by atoms with van der Waals surface area (Å²) in [7, 11) is 1.64. The van der Waals surface area contributed by atoms with E-state index in [9.17, 15) is 4.39 Å². The Hall–Kier alpha value is -2.34. The van der Waals surface area contributed by atoms with Crippen molar-refractivity contribution in [3.05, 3.63) is 70.9 Å². The van der Waals surface area contributed by atoms with Gasteiger partial charge in [0, 0.05) is 5.25 Å². The van der Waals surface area contributed by atoms with E-state index in [2.05, 4.69) is 10.2 Å². The molecular weight excluding hydrogens is 339 g/mol. The molecule has 6 heteroatoms. The Morgan fingerprint density at radius 2 is 2.04 bits per heavy atom. The van der Waals surface area contributed by atoms with Crippen LogP contribution >= 0.6 is 11.8 Å². The van der Waals surface area contributed by atoms with E-state index in [1.54, 1.807) is 13.2 Å². The van der Waals surface area contributed by atoms with Crippen LogP contribution in [0.2, 0.25) is 0 Å². The van der Waals surface area contributed by atoms with Crippen LogP contribution in [0, 0.1) is 5.82 Å². The molecule has 2 aromatic carbocycles. The zero-order valence-corrected chi connectivity index (χ0v) is 14.6. The molecule has 4 nitrogen and oxygen atoms in total. The SMILES string of the molecule is COc1ccc(Cc2nnc(S[C@H]3CCc4ccc(F)cc43)o2)cc1. The predicted molar refractivity (Wildman–Crippen MR) is 93.4 cm³/mol. The monoisotopic (exact) mass is 356 g/mol. The second kappa shape index (κ2) is 6.88. The van der Waals surface area contributed by atoms with Crippen molar-refractivity contribution in [1.29, 1.82) is 0 Å². The molecule has 0 unspecified atom stereocenters. The molecule has 1 atom stereocenters. The van der Waals surface area contributed by atoms with Gasteiger partial charge in [0.1, 0.15) is 11.6 Å². The van der Waals surface area contributed by atoms with Gasteiger partial charge in [-0.2, -0.15) is 0 Å². The van der Waals surface area contributed by atoms with Gasteiger partial charge in [0.25, 0.3) is 5.22 Å². The van der Waals surface area contributed by atoms with Crippen molar-refractivity contribution in [3.63, 3.8) is 0 Å². The standard InChI is InChI=1S/C19H17FN2O2S/c1-23-15-7-2-12(3-8-15)10-18-21-22-19(24-18)25-17-9-5-13-4-6-14(20)11-16(13)17/h2-4,6-8,11,17H,5,9-10H2,1H3/t17-/m0/s1. The van der Waals surface area contributed by atoms with Gasteiger partial charge < -0.3 is 9.15 Å². The smallest absolute Gasteiger partial charge is 0.277 e. The van der Waals surface area contributed by atoms with Gasteiger partial charge in [-0.3, -0.25) is 0 Å². The van der Waals surface area contributed by atoms with E-state index in [4.69, 9.17) is 9.15 Å². The van der Waals surface area contributed by atoms with Crippen molar-refractivity contribution in [3.8, 4) is 5.75 Å². The highest BCUT2D eigenvalue weighted by atomic mass is 32.2. The van der Waals surface area contributed by atoms with E-state index in [-0.39, 0.29) is 11.1 Å². The van der Waals surface area contributed by atoms with Gasteiger partial charge in [-0.1, -0.05) is 30.0 Å². The van der Waals surface area contributed by atoms with Crippen molar-refractivity contribution in [2.75, 3.05) is 7.11 Å². The van der Waals surface area contributed by atoms with E-state index < -0.39 is 0 Å². The Labute approximate surface area is 149 Å². The van der Waals surface area contributed by atoms with Crippen molar-refractivity contribution in [2.45, 2.75) is 29.7 Å². The maximum Gasteiger partial charge on any atom is 0.277 e. The van der Waals surface area contributed by atoms with Crippen LogP contribution in [-0.2, 0) is 12.8 Å². The lowest BCUT2D eigenvalue weighted by atomic mass is 10.1. The Balaban J connectivity index is 1.44. The summed E-state index contributed by atoms with van der Waals surface area (Å²) in [6, 6.07) is 12.8. The van der Waals surface area contributed by atoms with Gasteiger partial charge in [-0.15, -0.1) is 10.2 Å². The summed E-state index contributed by atoms with van der Waals surface area (Å²) in [5.74, 6) is 1.19. The molecule has 0 saturated heterocycles. The number of rotatable bonds is 5. The molecular formula is C19H17FN2O2S. The fourth-order valence-corrected chi connectivity index (χ4v) is 4.11. The maximum atomic E-state index is 13.5. The van der Waals surface area contributed by atoms with E-state index >= 15 is 0 Å². The largest absolute Gasteiger partial charge is 0.497 e. The lowest BCUT2D eigenvalue weighted by molar-refractivity contribution is 0.413. The molecule has 0 N–H and O–H groups in total. The summed E-state index contributed by atoms with van der Waals surface area (Å²) >= 11 is 1.51. The molecule has 0 spiro atoms. The first-order valence-electron chi connectivity index (χ1n) is 8.11. The maximum absolute atomic E-state index is 13.5. The Kier molecular flexibility index (Phi) is 4.44. The number of aromatic nitrogens is 2. The van der Waals surface area contributed by atoms with E-state index in [1.165, 1.54) is 23.4 Å². The fourth-order valence-electron chi connectivity index (χ4n) is 3.05. The van der Waals surface area contributed by atoms with Gasteiger partial charge in [0.2, 0.25) is 5.89 Å². The van der Waals surface area contributed by atoms with Crippen LogP contribution in [-0.4, -0.2) is 17.3 Å². The quantitative estimate of drug-likeness (QED) is 0.669. The minimum absolute atomic E-state index is 0.167. The first kappa shape index (κ1) is 16.1. The number of thioether (sulfide) groups is 1. The predicted octanol–water partition coefficient (Wildman–Crippen LogP) is 4.59. The minimum atomic E-state index is -0.197. The summed E-state index contributed by atoms with van der Waals surface area (Å²) in [6.45, 7) is 0. The van der Waals surface area contributed by atoms with Crippen LogP contribution in [0.25, 0.3) is 0 Å². The van der Waals surface area contributed by atoms with Crippen LogP contribution in [0.4, 0.5) is 4.39 Å². The highest BCUT2D eigenvalue weighted by molar-refractivity contribution is 7.99. The lowest BCUT2D eigenvalue weighted by Gasteiger charge is -2.07. The van der Waals surface area contributed by atoms with Gasteiger partial charge >= 0.3 is 0 Å². The van der Waals surface area contributed by atoms with Crippen molar-refractivity contribution in [1.82, 2.24) is 10.2 Å². The first-order valence-corrected chi connectivity index (χ1v) is 8.99. The molecule has 0 saturated carbocycles. The Morgan fingerprint density at radius 3 is 2.84 bits per heavy atom. The molecule has 128 valence electrons. The summed E-state index contributed by atoms with van der Waals surface area (Å²) in [4.78, 5) is 0. The average molecular weight is 356 g/mol. The number of fused-ring (bicyclic) bond motifs is 1. The van der Waals surface area contributed by atoms with Crippen molar-refractivity contribution < 1.29 is 13.5 Å². The van der Waals surface area contributed by atoms with Gasteiger partial charge in [-0.05, 0) is 53.8 Å². The van der Waals surface area contributed by atoms with Gasteiger partial charge in [0.15, 0.2) is 0 Å². The van der Waals surface area contributed by atoms with Gasteiger partial charge in [0.05, 0.1) is 13.5 Å². The molecule has 0 bridgehead atoms. The molecule has 0 amide bonds. The van der Waals surface area contributed by atoms with Crippen LogP contribution in [0.15, 0.2) is 52.1 Å².